The van der Waals surface area contributed by atoms with E-state index in [-0.39, 0.29) is 6.71 Å². The lowest BCUT2D eigenvalue weighted by molar-refractivity contribution is 1.18. The molecule has 0 saturated heterocycles. The second kappa shape index (κ2) is 15.6. The second-order valence-electron chi connectivity index (χ2n) is 18.7. The average Bonchev–Trinajstić information content (AvgIpc) is 3.97. The van der Waals surface area contributed by atoms with Crippen molar-refractivity contribution in [3.8, 4) is 33.6 Å². The third-order valence-corrected chi connectivity index (χ3v) is 15.1. The summed E-state index contributed by atoms with van der Waals surface area (Å²) in [4.78, 5) is 5.10. The Hall–Kier alpha value is -9.32. The van der Waals surface area contributed by atoms with Crippen molar-refractivity contribution in [2.45, 2.75) is 0 Å². The van der Waals surface area contributed by atoms with Crippen molar-refractivity contribution in [2.24, 2.45) is 0 Å². The number of fused-ring (bicyclic) bond motifs is 10. The number of anilines is 6. The van der Waals surface area contributed by atoms with Crippen LogP contribution in [0.3, 0.4) is 0 Å². The minimum absolute atomic E-state index is 0.0826. The van der Waals surface area contributed by atoms with Crippen molar-refractivity contribution < 1.29 is 0 Å². The Morgan fingerprint density at radius 3 is 1.03 bits per heavy atom. The molecule has 71 heavy (non-hydrogen) atoms. The van der Waals surface area contributed by atoms with E-state index >= 15 is 0 Å². The van der Waals surface area contributed by atoms with Crippen molar-refractivity contribution in [1.29, 1.82) is 0 Å². The van der Waals surface area contributed by atoms with Crippen LogP contribution in [0, 0.1) is 0 Å². The Kier molecular flexibility index (Phi) is 8.72. The first kappa shape index (κ1) is 39.7. The van der Waals surface area contributed by atoms with Crippen molar-refractivity contribution in [2.75, 3.05) is 9.80 Å². The number of aromatic nitrogens is 2. The van der Waals surface area contributed by atoms with E-state index in [1.165, 1.54) is 105 Å². The molecule has 0 N–H and O–H groups in total. The van der Waals surface area contributed by atoms with Gasteiger partial charge >= 0.3 is 0 Å². The van der Waals surface area contributed by atoms with E-state index in [2.05, 4.69) is 280 Å². The largest absolute Gasteiger partial charge is 0.311 e. The summed E-state index contributed by atoms with van der Waals surface area (Å²) in [5.74, 6) is 0. The van der Waals surface area contributed by atoms with Gasteiger partial charge in [-0.05, 0) is 112 Å². The summed E-state index contributed by atoms with van der Waals surface area (Å²) in [5.41, 5.74) is 22.8. The number of nitrogens with zero attached hydrogens (tertiary/aromatic N) is 4. The highest BCUT2D eigenvalue weighted by atomic mass is 15.2. The number of rotatable bonds is 6. The molecular weight excluding hydrogens is 860 g/mol. The Morgan fingerprint density at radius 2 is 0.592 bits per heavy atom. The highest BCUT2D eigenvalue weighted by molar-refractivity contribution is 7.00. The minimum atomic E-state index is -0.0826. The molecule has 0 spiro atoms. The molecule has 2 aliphatic heterocycles. The molecule has 4 nitrogen and oxygen atoms in total. The molecule has 4 heterocycles. The maximum atomic E-state index is 2.55. The van der Waals surface area contributed by atoms with E-state index in [4.69, 9.17) is 0 Å². The zero-order valence-electron chi connectivity index (χ0n) is 38.7. The fourth-order valence-corrected chi connectivity index (χ4v) is 12.4. The van der Waals surface area contributed by atoms with Crippen LogP contribution in [0.5, 0.6) is 0 Å². The van der Waals surface area contributed by atoms with Crippen LogP contribution < -0.4 is 26.2 Å². The van der Waals surface area contributed by atoms with Gasteiger partial charge in [0.15, 0.2) is 0 Å². The fraction of sp³-hybridized carbons (Fsp3) is 0. The summed E-state index contributed by atoms with van der Waals surface area (Å²) in [5, 5.41) is 4.96. The van der Waals surface area contributed by atoms with Gasteiger partial charge in [0.25, 0.3) is 6.71 Å². The molecule has 330 valence electrons. The molecule has 0 saturated carbocycles. The van der Waals surface area contributed by atoms with Crippen LogP contribution >= 0.6 is 0 Å². The highest BCUT2D eigenvalue weighted by Gasteiger charge is 2.45. The molecule has 11 aromatic carbocycles. The maximum Gasteiger partial charge on any atom is 0.252 e. The van der Waals surface area contributed by atoms with Gasteiger partial charge in [-0.25, -0.2) is 0 Å². The predicted molar refractivity (Wildman–Crippen MR) is 300 cm³/mol. The lowest BCUT2D eigenvalue weighted by atomic mass is 9.33. The summed E-state index contributed by atoms with van der Waals surface area (Å²) in [6.07, 6.45) is 0. The third kappa shape index (κ3) is 5.75. The van der Waals surface area contributed by atoms with Gasteiger partial charge in [-0.2, -0.15) is 0 Å². The molecule has 0 radical (unpaired) electrons. The van der Waals surface area contributed by atoms with Crippen LogP contribution in [0.2, 0.25) is 0 Å². The van der Waals surface area contributed by atoms with Crippen LogP contribution in [0.4, 0.5) is 34.1 Å². The molecular formula is C66H43BN4. The summed E-state index contributed by atoms with van der Waals surface area (Å²) in [6, 6.07) is 96.1. The molecule has 0 unspecified atom stereocenters. The van der Waals surface area contributed by atoms with Crippen molar-refractivity contribution in [3.05, 3.63) is 261 Å². The Labute approximate surface area is 412 Å². The van der Waals surface area contributed by atoms with Crippen molar-refractivity contribution >= 4 is 101 Å². The van der Waals surface area contributed by atoms with Gasteiger partial charge in [0.05, 0.1) is 22.1 Å². The standard InChI is InChI=1S/C66H43BN4/c1-5-22-44(23-6-1)68-56-38-15-13-30-52(56)62-48(32-19-40-58(62)68)50-34-17-36-54-65(50)70(46-26-9-3-10-27-46)60-42-21-43-61-64(60)67(54)55-37-18-35-51(66(55)71(61)47-28-11-4-12-29-47)49-33-20-41-59-63(49)53-31-14-16-39-57(53)69(59)45-24-7-2-8-25-45/h1-43H. The first-order chi connectivity index (χ1) is 35.3. The van der Waals surface area contributed by atoms with Crippen LogP contribution in [0.25, 0.3) is 77.2 Å². The molecule has 0 aliphatic carbocycles. The summed E-state index contributed by atoms with van der Waals surface area (Å²) in [7, 11) is 0. The van der Waals surface area contributed by atoms with E-state index in [1.807, 2.05) is 0 Å². The maximum absolute atomic E-state index is 2.55. The van der Waals surface area contributed by atoms with Gasteiger partial charge in [0.1, 0.15) is 0 Å². The molecule has 5 heteroatoms. The molecule has 2 aromatic heterocycles. The third-order valence-electron chi connectivity index (χ3n) is 15.1. The number of hydrogen-bond acceptors (Lipinski definition) is 2. The van der Waals surface area contributed by atoms with E-state index < -0.39 is 0 Å². The van der Waals surface area contributed by atoms with Gasteiger partial charge in [0.2, 0.25) is 0 Å². The van der Waals surface area contributed by atoms with Crippen LogP contribution in [0.15, 0.2) is 261 Å². The van der Waals surface area contributed by atoms with E-state index in [0.29, 0.717) is 0 Å². The summed E-state index contributed by atoms with van der Waals surface area (Å²) in [6.45, 7) is -0.0826. The van der Waals surface area contributed by atoms with Crippen LogP contribution in [-0.4, -0.2) is 15.8 Å². The molecule has 15 rings (SSSR count). The van der Waals surface area contributed by atoms with Crippen molar-refractivity contribution in [1.82, 2.24) is 9.13 Å². The van der Waals surface area contributed by atoms with Gasteiger partial charge in [-0.3, -0.25) is 0 Å². The SMILES string of the molecule is c1ccc(N2c3cccc4c3B(c3cccc(-c5cccc6c5c5ccccc5n6-c5ccccc5)c32)c2cccc(-c3cccc5c3c3ccccc3n5-c3ccccc3)c2N4c2ccccc2)cc1. The molecule has 2 aliphatic rings. The first-order valence-electron chi connectivity index (χ1n) is 24.6. The monoisotopic (exact) mass is 902 g/mol. The Bertz CT molecular complexity index is 3970. The molecule has 0 amide bonds. The zero-order valence-corrected chi connectivity index (χ0v) is 38.7. The Morgan fingerprint density at radius 1 is 0.254 bits per heavy atom. The molecule has 0 atom stereocenters. The lowest BCUT2D eigenvalue weighted by Gasteiger charge is -2.45. The summed E-state index contributed by atoms with van der Waals surface area (Å²) >= 11 is 0. The van der Waals surface area contributed by atoms with Gasteiger partial charge in [0, 0.05) is 78.2 Å². The van der Waals surface area contributed by atoms with Crippen molar-refractivity contribution in [3.63, 3.8) is 0 Å². The molecule has 13 aromatic rings. The van der Waals surface area contributed by atoms with Gasteiger partial charge in [-0.15, -0.1) is 0 Å². The fourth-order valence-electron chi connectivity index (χ4n) is 12.4. The average molecular weight is 903 g/mol. The first-order valence-corrected chi connectivity index (χ1v) is 24.6. The Balaban J connectivity index is 1.04. The second-order valence-corrected chi connectivity index (χ2v) is 18.7. The predicted octanol–water partition coefficient (Wildman–Crippen LogP) is 15.3. The van der Waals surface area contributed by atoms with Crippen LogP contribution in [0.1, 0.15) is 0 Å². The molecule has 0 fully saturated rings. The van der Waals surface area contributed by atoms with Gasteiger partial charge < -0.3 is 18.9 Å². The van der Waals surface area contributed by atoms with E-state index in [1.54, 1.807) is 0 Å². The smallest absolute Gasteiger partial charge is 0.252 e. The lowest BCUT2D eigenvalue weighted by Crippen LogP contribution is -2.61. The van der Waals surface area contributed by atoms with Gasteiger partial charge in [-0.1, -0.05) is 176 Å². The number of para-hydroxylation sites is 8. The highest BCUT2D eigenvalue weighted by Crippen LogP contribution is 2.51. The number of hydrogen-bond donors (Lipinski definition) is 0. The topological polar surface area (TPSA) is 16.3 Å². The zero-order chi connectivity index (χ0) is 46.6. The molecule has 0 bridgehead atoms. The van der Waals surface area contributed by atoms with E-state index in [9.17, 15) is 0 Å². The minimum Gasteiger partial charge on any atom is -0.311 e. The van der Waals surface area contributed by atoms with Crippen LogP contribution in [-0.2, 0) is 0 Å². The normalized spacial score (nSPS) is 12.7. The number of benzene rings is 11. The van der Waals surface area contributed by atoms with E-state index in [0.717, 1.165) is 22.7 Å². The quantitative estimate of drug-likeness (QED) is 0.155. The summed E-state index contributed by atoms with van der Waals surface area (Å²) < 4.78 is 4.85.